The van der Waals surface area contributed by atoms with Gasteiger partial charge in [0.2, 0.25) is 0 Å². The van der Waals surface area contributed by atoms with Crippen LogP contribution in [-0.4, -0.2) is 19.8 Å². The molecule has 0 bridgehead atoms. The Bertz CT molecular complexity index is 683. The summed E-state index contributed by atoms with van der Waals surface area (Å²) >= 11 is 6.02. The predicted molar refractivity (Wildman–Crippen MR) is 93.8 cm³/mol. The summed E-state index contributed by atoms with van der Waals surface area (Å²) in [5.41, 5.74) is 3.75. The van der Waals surface area contributed by atoms with Gasteiger partial charge in [-0.15, -0.1) is 0 Å². The Hall–Kier alpha value is -1.71. The van der Waals surface area contributed by atoms with Crippen LogP contribution in [0.5, 0.6) is 11.5 Å². The zero-order valence-corrected chi connectivity index (χ0v) is 14.5. The van der Waals surface area contributed by atoms with Gasteiger partial charge >= 0.3 is 0 Å². The number of ether oxygens (including phenoxy) is 2. The molecule has 23 heavy (non-hydrogen) atoms. The van der Waals surface area contributed by atoms with Crippen molar-refractivity contribution < 1.29 is 9.47 Å². The number of methoxy groups -OCH3 is 1. The maximum Gasteiger partial charge on any atom is 0.161 e. The number of nitrogens with one attached hydrogen (secondary N) is 1. The third-order valence-corrected chi connectivity index (χ3v) is 4.30. The van der Waals surface area contributed by atoms with Gasteiger partial charge in [0.15, 0.2) is 11.5 Å². The summed E-state index contributed by atoms with van der Waals surface area (Å²) in [5.74, 6) is 1.60. The van der Waals surface area contributed by atoms with Gasteiger partial charge < -0.3 is 14.8 Å². The minimum atomic E-state index is 0.104. The number of benzene rings is 2. The van der Waals surface area contributed by atoms with Crippen molar-refractivity contribution in [2.45, 2.75) is 32.4 Å². The first kappa shape index (κ1) is 16.2. The molecule has 1 atom stereocenters. The summed E-state index contributed by atoms with van der Waals surface area (Å²) in [6, 6.07) is 12.4. The van der Waals surface area contributed by atoms with E-state index in [2.05, 4.69) is 29.6 Å². The first-order valence-corrected chi connectivity index (χ1v) is 8.32. The molecular weight excluding hydrogens is 310 g/mol. The van der Waals surface area contributed by atoms with Crippen molar-refractivity contribution in [3.05, 3.63) is 58.1 Å². The molecule has 0 aliphatic carbocycles. The molecule has 0 saturated heterocycles. The molecule has 4 heteroatoms. The van der Waals surface area contributed by atoms with Crippen molar-refractivity contribution in [2.75, 3.05) is 13.7 Å². The predicted octanol–water partition coefficient (Wildman–Crippen LogP) is 4.37. The lowest BCUT2D eigenvalue weighted by Crippen LogP contribution is -2.30. The Labute approximate surface area is 142 Å². The van der Waals surface area contributed by atoms with Crippen LogP contribution in [-0.2, 0) is 6.42 Å². The van der Waals surface area contributed by atoms with Crippen molar-refractivity contribution in [1.82, 2.24) is 5.32 Å². The molecule has 0 fully saturated rings. The van der Waals surface area contributed by atoms with Crippen LogP contribution in [0.4, 0.5) is 0 Å². The van der Waals surface area contributed by atoms with E-state index in [4.69, 9.17) is 21.1 Å². The van der Waals surface area contributed by atoms with Gasteiger partial charge in [-0.2, -0.15) is 0 Å². The fourth-order valence-electron chi connectivity index (χ4n) is 3.02. The topological polar surface area (TPSA) is 30.5 Å². The number of hydrogen-bond acceptors (Lipinski definition) is 3. The lowest BCUT2D eigenvalue weighted by atomic mass is 9.89. The fourth-order valence-corrected chi connectivity index (χ4v) is 3.15. The highest BCUT2D eigenvalue weighted by molar-refractivity contribution is 6.30. The van der Waals surface area contributed by atoms with E-state index in [1.807, 2.05) is 26.0 Å². The average Bonchev–Trinajstić information content (AvgIpc) is 2.54. The van der Waals surface area contributed by atoms with E-state index < -0.39 is 0 Å². The van der Waals surface area contributed by atoms with E-state index in [1.54, 1.807) is 7.11 Å². The van der Waals surface area contributed by atoms with Gasteiger partial charge in [0.1, 0.15) is 0 Å². The van der Waals surface area contributed by atoms with Crippen molar-refractivity contribution in [1.29, 1.82) is 0 Å². The monoisotopic (exact) mass is 331 g/mol. The second-order valence-corrected chi connectivity index (χ2v) is 6.49. The Morgan fingerprint density at radius 2 is 1.87 bits per heavy atom. The van der Waals surface area contributed by atoms with E-state index >= 15 is 0 Å². The van der Waals surface area contributed by atoms with Gasteiger partial charge in [0.05, 0.1) is 19.3 Å². The Kier molecular flexibility index (Phi) is 4.79. The van der Waals surface area contributed by atoms with Crippen LogP contribution in [0.25, 0.3) is 0 Å². The Morgan fingerprint density at radius 3 is 2.52 bits per heavy atom. The van der Waals surface area contributed by atoms with Crippen molar-refractivity contribution in [2.24, 2.45) is 0 Å². The van der Waals surface area contributed by atoms with Crippen LogP contribution in [0.3, 0.4) is 0 Å². The molecule has 3 nitrogen and oxygen atoms in total. The van der Waals surface area contributed by atoms with Crippen molar-refractivity contribution >= 4 is 11.6 Å². The lowest BCUT2D eigenvalue weighted by Gasteiger charge is -2.29. The molecule has 0 amide bonds. The zero-order chi connectivity index (χ0) is 16.4. The maximum absolute atomic E-state index is 6.02. The third kappa shape index (κ3) is 3.46. The summed E-state index contributed by atoms with van der Waals surface area (Å²) in [5, 5.41) is 4.34. The molecule has 3 rings (SSSR count). The van der Waals surface area contributed by atoms with Crippen LogP contribution in [0.1, 0.15) is 36.6 Å². The highest BCUT2D eigenvalue weighted by Gasteiger charge is 2.24. The molecule has 0 aromatic heterocycles. The standard InChI is InChI=1S/C19H22ClNO2/c1-12(2)23-18-11-16-14(10-17(18)22-3)8-9-21-19(16)13-4-6-15(20)7-5-13/h4-7,10-12,19,21H,8-9H2,1-3H3. The number of rotatable bonds is 4. The summed E-state index contributed by atoms with van der Waals surface area (Å²) < 4.78 is 11.4. The molecule has 1 N–H and O–H groups in total. The largest absolute Gasteiger partial charge is 0.493 e. The van der Waals surface area contributed by atoms with Gasteiger partial charge in [-0.3, -0.25) is 0 Å². The quantitative estimate of drug-likeness (QED) is 0.902. The van der Waals surface area contributed by atoms with Crippen LogP contribution in [0, 0.1) is 0 Å². The molecule has 1 heterocycles. The third-order valence-electron chi connectivity index (χ3n) is 4.05. The van der Waals surface area contributed by atoms with Crippen molar-refractivity contribution in [3.63, 3.8) is 0 Å². The molecule has 0 radical (unpaired) electrons. The van der Waals surface area contributed by atoms with Gasteiger partial charge in [-0.1, -0.05) is 23.7 Å². The van der Waals surface area contributed by atoms with E-state index in [-0.39, 0.29) is 12.1 Å². The Morgan fingerprint density at radius 1 is 1.13 bits per heavy atom. The van der Waals surface area contributed by atoms with Crippen LogP contribution < -0.4 is 14.8 Å². The van der Waals surface area contributed by atoms with E-state index in [0.29, 0.717) is 0 Å². The first-order chi connectivity index (χ1) is 11.1. The SMILES string of the molecule is COc1cc2c(cc1OC(C)C)C(c1ccc(Cl)cc1)NCC2. The van der Waals surface area contributed by atoms with E-state index in [9.17, 15) is 0 Å². The van der Waals surface area contributed by atoms with Gasteiger partial charge in [0, 0.05) is 11.6 Å². The molecule has 0 spiro atoms. The summed E-state index contributed by atoms with van der Waals surface area (Å²) in [4.78, 5) is 0. The van der Waals surface area contributed by atoms with Gasteiger partial charge in [0.25, 0.3) is 0 Å². The normalized spacial score (nSPS) is 17.0. The van der Waals surface area contributed by atoms with Crippen LogP contribution >= 0.6 is 11.6 Å². The molecule has 0 saturated carbocycles. The minimum absolute atomic E-state index is 0.104. The molecule has 1 unspecified atom stereocenters. The van der Waals surface area contributed by atoms with Gasteiger partial charge in [-0.05, 0) is 61.2 Å². The van der Waals surface area contributed by atoms with Crippen LogP contribution in [0.15, 0.2) is 36.4 Å². The maximum atomic E-state index is 6.02. The summed E-state index contributed by atoms with van der Waals surface area (Å²) in [6.07, 6.45) is 1.09. The number of hydrogen-bond donors (Lipinski definition) is 1. The summed E-state index contributed by atoms with van der Waals surface area (Å²) in [6.45, 7) is 4.98. The average molecular weight is 332 g/mol. The zero-order valence-electron chi connectivity index (χ0n) is 13.7. The molecule has 1 aliphatic heterocycles. The van der Waals surface area contributed by atoms with E-state index in [0.717, 1.165) is 29.5 Å². The number of fused-ring (bicyclic) bond motifs is 1. The smallest absolute Gasteiger partial charge is 0.161 e. The molecular formula is C19H22ClNO2. The lowest BCUT2D eigenvalue weighted by molar-refractivity contribution is 0.229. The van der Waals surface area contributed by atoms with E-state index in [1.165, 1.54) is 16.7 Å². The minimum Gasteiger partial charge on any atom is -0.493 e. The van der Waals surface area contributed by atoms with Crippen molar-refractivity contribution in [3.8, 4) is 11.5 Å². The summed E-state index contributed by atoms with van der Waals surface area (Å²) in [7, 11) is 1.69. The number of halogens is 1. The first-order valence-electron chi connectivity index (χ1n) is 7.95. The van der Waals surface area contributed by atoms with Crippen LogP contribution in [0.2, 0.25) is 5.02 Å². The molecule has 1 aliphatic rings. The fraction of sp³-hybridized carbons (Fsp3) is 0.368. The molecule has 2 aromatic carbocycles. The Balaban J connectivity index is 2.04. The highest BCUT2D eigenvalue weighted by Crippen LogP contribution is 2.38. The molecule has 122 valence electrons. The van der Waals surface area contributed by atoms with Gasteiger partial charge in [-0.25, -0.2) is 0 Å². The highest BCUT2D eigenvalue weighted by atomic mass is 35.5. The second-order valence-electron chi connectivity index (χ2n) is 6.06. The molecule has 2 aromatic rings. The second kappa shape index (κ2) is 6.81.